The lowest BCUT2D eigenvalue weighted by molar-refractivity contribution is -0.139. The van der Waals surface area contributed by atoms with Gasteiger partial charge in [0.1, 0.15) is 0 Å². The number of carboxylic acid groups (broad SMARTS) is 1. The summed E-state index contributed by atoms with van der Waals surface area (Å²) in [6.07, 6.45) is -1.10. The maximum atomic E-state index is 10.4. The van der Waals surface area contributed by atoms with Crippen LogP contribution in [-0.2, 0) is 4.79 Å². The van der Waals surface area contributed by atoms with Crippen LogP contribution in [0.4, 0.5) is 5.69 Å². The first-order valence-electron chi connectivity index (χ1n) is 4.85. The molecule has 0 saturated carbocycles. The van der Waals surface area contributed by atoms with Crippen molar-refractivity contribution in [3.8, 4) is 0 Å². The number of carboxylic acids is 1. The Labute approximate surface area is 103 Å². The van der Waals surface area contributed by atoms with Crippen LogP contribution >= 0.6 is 15.9 Å². The summed E-state index contributed by atoms with van der Waals surface area (Å²) >= 11 is 3.35. The van der Waals surface area contributed by atoms with Crippen molar-refractivity contribution in [3.05, 3.63) is 28.7 Å². The number of anilines is 1. The lowest BCUT2D eigenvalue weighted by Gasteiger charge is -2.22. The highest BCUT2D eigenvalue weighted by atomic mass is 79.9. The van der Waals surface area contributed by atoms with Gasteiger partial charge in [-0.15, -0.1) is 0 Å². The fourth-order valence-corrected chi connectivity index (χ4v) is 1.79. The lowest BCUT2D eigenvalue weighted by Crippen LogP contribution is -2.30. The molecule has 0 fully saturated rings. The molecule has 0 heterocycles. The molecule has 0 aromatic heterocycles. The van der Waals surface area contributed by atoms with E-state index in [1.165, 1.54) is 0 Å². The number of aliphatic hydroxyl groups is 1. The summed E-state index contributed by atoms with van der Waals surface area (Å²) in [7, 11) is 1.81. The molecule has 16 heavy (non-hydrogen) atoms. The van der Waals surface area contributed by atoms with E-state index >= 15 is 0 Å². The normalized spacial score (nSPS) is 12.2. The Kier molecular flexibility index (Phi) is 4.76. The predicted molar refractivity (Wildman–Crippen MR) is 65.7 cm³/mol. The molecule has 1 aromatic carbocycles. The van der Waals surface area contributed by atoms with Crippen LogP contribution in [0, 0.1) is 0 Å². The molecule has 1 atom stereocenters. The fourth-order valence-electron chi connectivity index (χ4n) is 1.40. The van der Waals surface area contributed by atoms with E-state index in [0.29, 0.717) is 6.54 Å². The molecule has 5 heteroatoms. The van der Waals surface area contributed by atoms with Crippen molar-refractivity contribution in [3.63, 3.8) is 0 Å². The number of nitrogens with zero attached hydrogens (tertiary/aromatic N) is 1. The van der Waals surface area contributed by atoms with Gasteiger partial charge in [0, 0.05) is 23.8 Å². The van der Waals surface area contributed by atoms with E-state index in [1.807, 2.05) is 36.2 Å². The first-order valence-corrected chi connectivity index (χ1v) is 5.65. The number of hydrogen-bond acceptors (Lipinski definition) is 3. The second-order valence-electron chi connectivity index (χ2n) is 3.61. The molecule has 0 bridgehead atoms. The van der Waals surface area contributed by atoms with Crippen LogP contribution in [0.2, 0.25) is 0 Å². The van der Waals surface area contributed by atoms with Crippen LogP contribution < -0.4 is 4.90 Å². The summed E-state index contributed by atoms with van der Waals surface area (Å²) in [6, 6.07) is 7.61. The number of hydrogen-bond donors (Lipinski definition) is 2. The maximum absolute atomic E-state index is 10.4. The van der Waals surface area contributed by atoms with Crippen molar-refractivity contribution in [2.24, 2.45) is 0 Å². The molecule has 4 nitrogen and oxygen atoms in total. The summed E-state index contributed by atoms with van der Waals surface area (Å²) in [5, 5.41) is 18.0. The maximum Gasteiger partial charge on any atom is 0.306 e. The molecule has 2 N–H and O–H groups in total. The Balaban J connectivity index is 2.58. The van der Waals surface area contributed by atoms with Gasteiger partial charge >= 0.3 is 5.97 Å². The number of carbonyl (C=O) groups is 1. The van der Waals surface area contributed by atoms with Gasteiger partial charge < -0.3 is 15.1 Å². The monoisotopic (exact) mass is 287 g/mol. The number of likely N-dealkylation sites (N-methyl/N-ethyl adjacent to an activating group) is 1. The van der Waals surface area contributed by atoms with Crippen molar-refractivity contribution in [1.29, 1.82) is 0 Å². The third-order valence-corrected chi connectivity index (χ3v) is 2.64. The van der Waals surface area contributed by atoms with E-state index in [0.717, 1.165) is 10.2 Å². The molecule has 1 rings (SSSR count). The fraction of sp³-hybridized carbons (Fsp3) is 0.364. The van der Waals surface area contributed by atoms with Gasteiger partial charge in [-0.1, -0.05) is 22.0 Å². The zero-order valence-electron chi connectivity index (χ0n) is 8.93. The van der Waals surface area contributed by atoms with Crippen LogP contribution in [0.1, 0.15) is 6.42 Å². The lowest BCUT2D eigenvalue weighted by atomic mass is 10.2. The number of aliphatic carboxylic acids is 1. The van der Waals surface area contributed by atoms with Crippen molar-refractivity contribution in [1.82, 2.24) is 0 Å². The van der Waals surface area contributed by atoms with Crippen LogP contribution in [0.3, 0.4) is 0 Å². The molecule has 1 unspecified atom stereocenters. The smallest absolute Gasteiger partial charge is 0.306 e. The summed E-state index contributed by atoms with van der Waals surface area (Å²) in [5.41, 5.74) is 0.929. The number of rotatable bonds is 5. The van der Waals surface area contributed by atoms with Crippen LogP contribution in [0.5, 0.6) is 0 Å². The molecule has 1 aromatic rings. The van der Waals surface area contributed by atoms with E-state index in [2.05, 4.69) is 15.9 Å². The molecule has 0 saturated heterocycles. The van der Waals surface area contributed by atoms with E-state index < -0.39 is 12.1 Å². The first kappa shape index (κ1) is 13.0. The van der Waals surface area contributed by atoms with Gasteiger partial charge in [0.25, 0.3) is 0 Å². The second kappa shape index (κ2) is 5.86. The Morgan fingerprint density at radius 1 is 1.56 bits per heavy atom. The third kappa shape index (κ3) is 4.20. The minimum atomic E-state index is -0.991. The van der Waals surface area contributed by atoms with E-state index in [1.54, 1.807) is 0 Å². The molecule has 0 radical (unpaired) electrons. The second-order valence-corrected chi connectivity index (χ2v) is 4.53. The minimum Gasteiger partial charge on any atom is -0.481 e. The Morgan fingerprint density at radius 2 is 2.25 bits per heavy atom. The molecule has 0 aliphatic heterocycles. The highest BCUT2D eigenvalue weighted by Crippen LogP contribution is 2.19. The molecular formula is C11H14BrNO3. The highest BCUT2D eigenvalue weighted by Gasteiger charge is 2.12. The van der Waals surface area contributed by atoms with Crippen molar-refractivity contribution in [2.45, 2.75) is 12.5 Å². The average molecular weight is 288 g/mol. The van der Waals surface area contributed by atoms with Crippen LogP contribution in [0.15, 0.2) is 28.7 Å². The molecular weight excluding hydrogens is 274 g/mol. The molecule has 0 amide bonds. The first-order chi connectivity index (χ1) is 7.49. The minimum absolute atomic E-state index is 0.238. The van der Waals surface area contributed by atoms with Crippen LogP contribution in [-0.4, -0.2) is 35.9 Å². The SMILES string of the molecule is CN(CC(O)CC(=O)O)c1cccc(Br)c1. The highest BCUT2D eigenvalue weighted by molar-refractivity contribution is 9.10. The molecule has 0 spiro atoms. The zero-order chi connectivity index (χ0) is 12.1. The number of benzene rings is 1. The average Bonchev–Trinajstić information content (AvgIpc) is 2.16. The Morgan fingerprint density at radius 3 is 2.81 bits per heavy atom. The van der Waals surface area contributed by atoms with Gasteiger partial charge in [-0.05, 0) is 18.2 Å². The summed E-state index contributed by atoms with van der Waals surface area (Å²) < 4.78 is 0.949. The van der Waals surface area contributed by atoms with E-state index in [-0.39, 0.29) is 6.42 Å². The van der Waals surface area contributed by atoms with E-state index in [9.17, 15) is 9.90 Å². The van der Waals surface area contributed by atoms with Gasteiger partial charge in [0.05, 0.1) is 12.5 Å². The number of halogens is 1. The standard InChI is InChI=1S/C11H14BrNO3/c1-13(7-10(14)6-11(15)16)9-4-2-3-8(12)5-9/h2-5,10,14H,6-7H2,1H3,(H,15,16). The molecule has 88 valence electrons. The Hall–Kier alpha value is -1.07. The molecule has 0 aliphatic rings. The summed E-state index contributed by atoms with van der Waals surface area (Å²) in [5.74, 6) is -0.991. The van der Waals surface area contributed by atoms with Gasteiger partial charge in [-0.2, -0.15) is 0 Å². The van der Waals surface area contributed by atoms with Crippen LogP contribution in [0.25, 0.3) is 0 Å². The summed E-state index contributed by atoms with van der Waals surface area (Å²) in [4.78, 5) is 12.2. The molecule has 0 aliphatic carbocycles. The topological polar surface area (TPSA) is 60.8 Å². The summed E-state index contributed by atoms with van der Waals surface area (Å²) in [6.45, 7) is 0.294. The van der Waals surface area contributed by atoms with Gasteiger partial charge in [-0.25, -0.2) is 0 Å². The number of aliphatic hydroxyl groups excluding tert-OH is 1. The quantitative estimate of drug-likeness (QED) is 0.866. The zero-order valence-corrected chi connectivity index (χ0v) is 10.5. The van der Waals surface area contributed by atoms with Crippen molar-refractivity contribution < 1.29 is 15.0 Å². The van der Waals surface area contributed by atoms with E-state index in [4.69, 9.17) is 5.11 Å². The van der Waals surface area contributed by atoms with Crippen molar-refractivity contribution in [2.75, 3.05) is 18.5 Å². The third-order valence-electron chi connectivity index (χ3n) is 2.14. The van der Waals surface area contributed by atoms with Gasteiger partial charge in [-0.3, -0.25) is 4.79 Å². The van der Waals surface area contributed by atoms with Crippen molar-refractivity contribution >= 4 is 27.6 Å². The largest absolute Gasteiger partial charge is 0.481 e. The Bertz CT molecular complexity index is 370. The van der Waals surface area contributed by atoms with Gasteiger partial charge in [0.15, 0.2) is 0 Å². The van der Waals surface area contributed by atoms with Gasteiger partial charge in [0.2, 0.25) is 0 Å². The predicted octanol–water partition coefficient (Wildman–Crippen LogP) is 1.72.